The molecule has 2 aliphatic rings. The molecule has 150 valence electrons. The predicted octanol–water partition coefficient (Wildman–Crippen LogP) is 2.02. The first-order valence-electron chi connectivity index (χ1n) is 9.14. The summed E-state index contributed by atoms with van der Waals surface area (Å²) in [5.74, 6) is 0.713. The van der Waals surface area contributed by atoms with Gasteiger partial charge in [-0.3, -0.25) is 14.7 Å². The molecular weight excluding hydrogens is 389 g/mol. The monoisotopic (exact) mass is 415 g/mol. The van der Waals surface area contributed by atoms with Crippen molar-refractivity contribution in [1.29, 1.82) is 0 Å². The van der Waals surface area contributed by atoms with Crippen LogP contribution >= 0.6 is 24.8 Å². The third-order valence-corrected chi connectivity index (χ3v) is 5.82. The van der Waals surface area contributed by atoms with Crippen molar-refractivity contribution in [3.8, 4) is 0 Å². The molecule has 9 heteroatoms. The normalized spacial score (nSPS) is 24.0. The van der Waals surface area contributed by atoms with Gasteiger partial charge in [-0.2, -0.15) is 0 Å². The molecule has 2 fully saturated rings. The zero-order chi connectivity index (χ0) is 17.6. The van der Waals surface area contributed by atoms with E-state index in [9.17, 15) is 9.59 Å². The number of halogens is 2. The molecule has 7 nitrogen and oxygen atoms in total. The van der Waals surface area contributed by atoms with Gasteiger partial charge in [0.15, 0.2) is 5.65 Å². The third-order valence-electron chi connectivity index (χ3n) is 5.82. The minimum atomic E-state index is -0.172. The molecule has 4 rings (SSSR count). The summed E-state index contributed by atoms with van der Waals surface area (Å²) in [7, 11) is 0. The number of fused-ring (bicyclic) bond motifs is 2. The first-order valence-corrected chi connectivity index (χ1v) is 9.14. The number of hydrogen-bond donors (Lipinski definition) is 3. The quantitative estimate of drug-likeness (QED) is 0.714. The number of carbonyl (C=O) groups is 1. The average Bonchev–Trinajstić information content (AvgIpc) is 3.17. The lowest BCUT2D eigenvalue weighted by atomic mass is 9.85. The van der Waals surface area contributed by atoms with Crippen molar-refractivity contribution in [1.82, 2.24) is 25.2 Å². The Kier molecular flexibility index (Phi) is 6.94. The van der Waals surface area contributed by atoms with Gasteiger partial charge in [-0.15, -0.1) is 24.8 Å². The number of aryl methyl sites for hydroxylation is 2. The smallest absolute Gasteiger partial charge is 0.266 e. The summed E-state index contributed by atoms with van der Waals surface area (Å²) in [5.41, 5.74) is 3.12. The summed E-state index contributed by atoms with van der Waals surface area (Å²) >= 11 is 0. The minimum Gasteiger partial charge on any atom is -0.351 e. The Morgan fingerprint density at radius 3 is 2.78 bits per heavy atom. The van der Waals surface area contributed by atoms with Crippen molar-refractivity contribution >= 4 is 36.4 Å². The molecule has 1 aliphatic heterocycles. The number of H-pyrrole nitrogens is 1. The topological polar surface area (TPSA) is 91.3 Å². The van der Waals surface area contributed by atoms with E-state index in [0.717, 1.165) is 23.4 Å². The van der Waals surface area contributed by atoms with Crippen LogP contribution in [0.3, 0.4) is 0 Å². The molecule has 0 bridgehead atoms. The molecule has 1 amide bonds. The van der Waals surface area contributed by atoms with Gasteiger partial charge in [-0.05, 0) is 39.0 Å². The highest BCUT2D eigenvalue weighted by molar-refractivity contribution is 5.85. The Bertz CT molecular complexity index is 864. The Hall–Kier alpha value is -1.57. The molecule has 0 spiro atoms. The van der Waals surface area contributed by atoms with Crippen LogP contribution in [-0.4, -0.2) is 32.6 Å². The molecule has 2 aromatic rings. The summed E-state index contributed by atoms with van der Waals surface area (Å²) in [4.78, 5) is 28.6. The second-order valence-electron chi connectivity index (χ2n) is 7.40. The van der Waals surface area contributed by atoms with E-state index in [2.05, 4.69) is 20.7 Å². The zero-order valence-electron chi connectivity index (χ0n) is 15.6. The average molecular weight is 416 g/mol. The lowest BCUT2D eigenvalue weighted by Gasteiger charge is -2.24. The van der Waals surface area contributed by atoms with Gasteiger partial charge in [0.1, 0.15) is 0 Å². The third kappa shape index (κ3) is 4.15. The standard InChI is InChI=1S/C18H25N5O2.2ClH/c1-10-13(11(2)23-16(20-10)8-17(24)22-23)9-19-18(25)15-7-12-5-3-4-6-14(12)21-15;;/h8,12,14-15,21H,3-7,9H2,1-2H3,(H,19,25)(H,22,24);2*1H. The fraction of sp³-hybridized carbons (Fsp3) is 0.611. The fourth-order valence-electron chi connectivity index (χ4n) is 4.43. The maximum absolute atomic E-state index is 12.6. The number of aromatic nitrogens is 3. The SMILES string of the molecule is Cc1nc2cc(=O)[nH]n2c(C)c1CNC(=O)C1CC2CCCCC2N1.Cl.Cl. The summed E-state index contributed by atoms with van der Waals surface area (Å²) < 4.78 is 1.68. The van der Waals surface area contributed by atoms with Crippen LogP contribution in [0.25, 0.3) is 5.65 Å². The molecule has 1 aliphatic carbocycles. The molecule has 27 heavy (non-hydrogen) atoms. The van der Waals surface area contributed by atoms with Gasteiger partial charge >= 0.3 is 0 Å². The number of nitrogens with zero attached hydrogens (tertiary/aromatic N) is 2. The van der Waals surface area contributed by atoms with Gasteiger partial charge in [0, 0.05) is 35.6 Å². The molecule has 3 unspecified atom stereocenters. The van der Waals surface area contributed by atoms with Crippen LogP contribution < -0.4 is 16.2 Å². The maximum Gasteiger partial charge on any atom is 0.266 e. The summed E-state index contributed by atoms with van der Waals surface area (Å²) in [6.07, 6.45) is 5.92. The predicted molar refractivity (Wildman–Crippen MR) is 109 cm³/mol. The van der Waals surface area contributed by atoms with Gasteiger partial charge in [-0.25, -0.2) is 9.50 Å². The van der Waals surface area contributed by atoms with E-state index in [-0.39, 0.29) is 42.3 Å². The van der Waals surface area contributed by atoms with E-state index < -0.39 is 0 Å². The first-order chi connectivity index (χ1) is 12.0. The van der Waals surface area contributed by atoms with Crippen LogP contribution in [0.1, 0.15) is 49.1 Å². The van der Waals surface area contributed by atoms with Crippen LogP contribution in [0.4, 0.5) is 0 Å². The number of hydrogen-bond acceptors (Lipinski definition) is 4. The van der Waals surface area contributed by atoms with Crippen molar-refractivity contribution in [2.45, 2.75) is 64.6 Å². The van der Waals surface area contributed by atoms with E-state index in [1.54, 1.807) is 4.52 Å². The van der Waals surface area contributed by atoms with Crippen LogP contribution in [0.5, 0.6) is 0 Å². The molecule has 3 N–H and O–H groups in total. The zero-order valence-corrected chi connectivity index (χ0v) is 17.2. The number of carbonyl (C=O) groups excluding carboxylic acids is 1. The van der Waals surface area contributed by atoms with Gasteiger partial charge in [0.25, 0.3) is 5.56 Å². The van der Waals surface area contributed by atoms with E-state index in [1.807, 2.05) is 13.8 Å². The molecule has 3 atom stereocenters. The lowest BCUT2D eigenvalue weighted by Crippen LogP contribution is -2.43. The van der Waals surface area contributed by atoms with E-state index in [1.165, 1.54) is 31.7 Å². The van der Waals surface area contributed by atoms with E-state index in [0.29, 0.717) is 24.2 Å². The molecule has 3 heterocycles. The van der Waals surface area contributed by atoms with E-state index in [4.69, 9.17) is 0 Å². The summed E-state index contributed by atoms with van der Waals surface area (Å²) in [6, 6.07) is 1.90. The molecule has 0 aromatic carbocycles. The van der Waals surface area contributed by atoms with Crippen LogP contribution in [-0.2, 0) is 11.3 Å². The highest BCUT2D eigenvalue weighted by Crippen LogP contribution is 2.33. The Morgan fingerprint density at radius 2 is 2.04 bits per heavy atom. The van der Waals surface area contributed by atoms with Crippen molar-refractivity contribution in [3.63, 3.8) is 0 Å². The van der Waals surface area contributed by atoms with Crippen LogP contribution in [0, 0.1) is 19.8 Å². The Labute approximate surface area is 170 Å². The number of aromatic amines is 1. The molecular formula is C18H27Cl2N5O2. The summed E-state index contributed by atoms with van der Waals surface area (Å²) in [6.45, 7) is 4.27. The Morgan fingerprint density at radius 1 is 1.30 bits per heavy atom. The van der Waals surface area contributed by atoms with Gasteiger partial charge in [-0.1, -0.05) is 12.8 Å². The maximum atomic E-state index is 12.6. The molecule has 1 saturated heterocycles. The second kappa shape index (κ2) is 8.63. The minimum absolute atomic E-state index is 0. The van der Waals surface area contributed by atoms with Gasteiger partial charge in [0.05, 0.1) is 6.04 Å². The first kappa shape index (κ1) is 21.7. The summed E-state index contributed by atoms with van der Waals surface area (Å²) in [5, 5.41) is 9.31. The van der Waals surface area contributed by atoms with Crippen molar-refractivity contribution < 1.29 is 4.79 Å². The molecule has 1 saturated carbocycles. The number of amides is 1. The number of rotatable bonds is 3. The number of nitrogens with one attached hydrogen (secondary N) is 3. The highest BCUT2D eigenvalue weighted by Gasteiger charge is 2.38. The van der Waals surface area contributed by atoms with E-state index >= 15 is 0 Å². The van der Waals surface area contributed by atoms with Crippen molar-refractivity contribution in [3.05, 3.63) is 33.4 Å². The lowest BCUT2D eigenvalue weighted by molar-refractivity contribution is -0.123. The van der Waals surface area contributed by atoms with Crippen molar-refractivity contribution in [2.75, 3.05) is 0 Å². The second-order valence-corrected chi connectivity index (χ2v) is 7.40. The van der Waals surface area contributed by atoms with Gasteiger partial charge in [0.2, 0.25) is 5.91 Å². The van der Waals surface area contributed by atoms with Crippen LogP contribution in [0.15, 0.2) is 10.9 Å². The van der Waals surface area contributed by atoms with Crippen molar-refractivity contribution in [2.24, 2.45) is 5.92 Å². The largest absolute Gasteiger partial charge is 0.351 e. The highest BCUT2D eigenvalue weighted by atomic mass is 35.5. The molecule has 0 radical (unpaired) electrons. The van der Waals surface area contributed by atoms with Crippen LogP contribution in [0.2, 0.25) is 0 Å². The Balaban J connectivity index is 0.00000131. The fourth-order valence-corrected chi connectivity index (χ4v) is 4.43. The van der Waals surface area contributed by atoms with Gasteiger partial charge < -0.3 is 10.6 Å². The molecule has 2 aromatic heterocycles.